The van der Waals surface area contributed by atoms with Gasteiger partial charge in [-0.2, -0.15) is 0 Å². The van der Waals surface area contributed by atoms with Gasteiger partial charge in [0.15, 0.2) is 5.65 Å². The Hall–Kier alpha value is -2.06. The molecule has 8 heteroatoms. The summed E-state index contributed by atoms with van der Waals surface area (Å²) in [5.74, 6) is 0. The molecule has 0 aliphatic heterocycles. The van der Waals surface area contributed by atoms with Crippen LogP contribution in [0.2, 0.25) is 0 Å². The van der Waals surface area contributed by atoms with Crippen LogP contribution in [0.5, 0.6) is 0 Å². The standard InChI is InChI=1S/2C5H3N3S.2C5H12/c1-4-5(7-2-6-1)8-3-9-4;1-4-5(7-2-6-1)9-3-8-4;2*1-5(2,3)4/h2*1-3H;2*1-4H3. The van der Waals surface area contributed by atoms with Crippen LogP contribution in [0.3, 0.4) is 0 Å². The van der Waals surface area contributed by atoms with E-state index in [4.69, 9.17) is 0 Å². The molecule has 0 bridgehead atoms. The van der Waals surface area contributed by atoms with Gasteiger partial charge in [0.05, 0.1) is 21.9 Å². The Bertz CT molecular complexity index is 784. The lowest BCUT2D eigenvalue weighted by Gasteiger charge is -2.05. The SMILES string of the molecule is CC(C)(C)C.CC(C)(C)C.c1ncc2ncsc2n1.c1ncc2scnc2n1. The predicted molar refractivity (Wildman–Crippen MR) is 121 cm³/mol. The molecule has 0 aromatic carbocycles. The van der Waals surface area contributed by atoms with Gasteiger partial charge >= 0.3 is 0 Å². The highest BCUT2D eigenvalue weighted by Crippen LogP contribution is 2.12. The Kier molecular flexibility index (Phi) is 9.48. The molecule has 4 rings (SSSR count). The van der Waals surface area contributed by atoms with Crippen LogP contribution in [0.15, 0.2) is 36.1 Å². The molecule has 0 amide bonds. The lowest BCUT2D eigenvalue weighted by Crippen LogP contribution is -1.93. The number of hydrogen-bond acceptors (Lipinski definition) is 8. The van der Waals surface area contributed by atoms with Gasteiger partial charge in [0, 0.05) is 6.20 Å². The normalized spacial score (nSPS) is 10.9. The van der Waals surface area contributed by atoms with Crippen LogP contribution in [-0.4, -0.2) is 29.9 Å². The molecule has 6 nitrogen and oxygen atoms in total. The van der Waals surface area contributed by atoms with Crippen molar-refractivity contribution in [2.75, 3.05) is 0 Å². The van der Waals surface area contributed by atoms with Gasteiger partial charge in [-0.1, -0.05) is 55.4 Å². The lowest BCUT2D eigenvalue weighted by molar-refractivity contribution is 0.469. The van der Waals surface area contributed by atoms with Crippen molar-refractivity contribution in [2.24, 2.45) is 10.8 Å². The van der Waals surface area contributed by atoms with Crippen molar-refractivity contribution in [3.8, 4) is 0 Å². The molecule has 28 heavy (non-hydrogen) atoms. The van der Waals surface area contributed by atoms with E-state index in [9.17, 15) is 0 Å². The van der Waals surface area contributed by atoms with Crippen LogP contribution in [0.25, 0.3) is 20.7 Å². The second-order valence-electron chi connectivity index (χ2n) is 9.13. The third-order valence-corrected chi connectivity index (χ3v) is 3.53. The van der Waals surface area contributed by atoms with Crippen LogP contribution < -0.4 is 0 Å². The maximum absolute atomic E-state index is 4.01. The molecule has 0 fully saturated rings. The summed E-state index contributed by atoms with van der Waals surface area (Å²) in [7, 11) is 0. The van der Waals surface area contributed by atoms with E-state index in [2.05, 4.69) is 85.3 Å². The first kappa shape index (κ1) is 24.0. The minimum atomic E-state index is 0.500. The third-order valence-electron chi connectivity index (χ3n) is 2.03. The fraction of sp³-hybridized carbons (Fsp3) is 0.500. The molecule has 0 unspecified atom stereocenters. The third kappa shape index (κ3) is 12.3. The van der Waals surface area contributed by atoms with E-state index in [-0.39, 0.29) is 0 Å². The smallest absolute Gasteiger partial charge is 0.173 e. The molecule has 0 aliphatic rings. The summed E-state index contributed by atoms with van der Waals surface area (Å²) in [5, 5.41) is 0. The van der Waals surface area contributed by atoms with Crippen molar-refractivity contribution in [3.63, 3.8) is 0 Å². The Balaban J connectivity index is 0.000000196. The van der Waals surface area contributed by atoms with Crippen LogP contribution in [0, 0.1) is 10.8 Å². The van der Waals surface area contributed by atoms with Crippen molar-refractivity contribution in [2.45, 2.75) is 55.4 Å². The zero-order valence-corrected chi connectivity index (χ0v) is 19.6. The van der Waals surface area contributed by atoms with Gasteiger partial charge in [-0.05, 0) is 10.8 Å². The minimum absolute atomic E-state index is 0.500. The molecule has 0 aliphatic carbocycles. The van der Waals surface area contributed by atoms with Gasteiger partial charge in [0.25, 0.3) is 0 Å². The van der Waals surface area contributed by atoms with E-state index < -0.39 is 0 Å². The summed E-state index contributed by atoms with van der Waals surface area (Å²) in [4.78, 5) is 24.5. The number of nitrogens with zero attached hydrogens (tertiary/aromatic N) is 6. The predicted octanol–water partition coefficient (Wildman–Crippen LogP) is 6.28. The van der Waals surface area contributed by atoms with Crippen LogP contribution in [0.1, 0.15) is 55.4 Å². The summed E-state index contributed by atoms with van der Waals surface area (Å²) < 4.78 is 1.04. The topological polar surface area (TPSA) is 77.3 Å². The van der Waals surface area contributed by atoms with Gasteiger partial charge in [0.2, 0.25) is 0 Å². The molecule has 0 spiro atoms. The highest BCUT2D eigenvalue weighted by Gasteiger charge is 1.96. The zero-order chi connectivity index (χ0) is 21.2. The van der Waals surface area contributed by atoms with E-state index in [1.54, 1.807) is 34.8 Å². The Morgan fingerprint density at radius 3 is 1.75 bits per heavy atom. The van der Waals surface area contributed by atoms with Crippen molar-refractivity contribution in [3.05, 3.63) is 36.1 Å². The Morgan fingerprint density at radius 1 is 0.643 bits per heavy atom. The van der Waals surface area contributed by atoms with E-state index in [0.717, 1.165) is 20.7 Å². The molecular formula is C20H30N6S2. The highest BCUT2D eigenvalue weighted by atomic mass is 32.1. The second-order valence-corrected chi connectivity index (χ2v) is 10.8. The fourth-order valence-electron chi connectivity index (χ4n) is 1.25. The molecule has 0 N–H and O–H groups in total. The average molecular weight is 419 g/mol. The molecule has 152 valence electrons. The fourth-order valence-corrected chi connectivity index (χ4v) is 2.45. The van der Waals surface area contributed by atoms with Gasteiger partial charge < -0.3 is 0 Å². The van der Waals surface area contributed by atoms with Gasteiger partial charge in [-0.3, -0.25) is 0 Å². The summed E-state index contributed by atoms with van der Waals surface area (Å²) in [5.41, 5.74) is 6.19. The number of rotatable bonds is 0. The molecular weight excluding hydrogens is 388 g/mol. The average Bonchev–Trinajstić information content (AvgIpc) is 3.21. The summed E-state index contributed by atoms with van der Waals surface area (Å²) in [6.07, 6.45) is 6.50. The zero-order valence-electron chi connectivity index (χ0n) is 18.0. The van der Waals surface area contributed by atoms with Gasteiger partial charge in [-0.25, -0.2) is 29.9 Å². The summed E-state index contributed by atoms with van der Waals surface area (Å²) in [6.45, 7) is 17.5. The van der Waals surface area contributed by atoms with E-state index in [1.165, 1.54) is 24.0 Å². The molecule has 0 saturated carbocycles. The lowest BCUT2D eigenvalue weighted by atomic mass is 10.0. The first-order valence-electron chi connectivity index (χ1n) is 8.92. The monoisotopic (exact) mass is 418 g/mol. The largest absolute Gasteiger partial charge is 0.243 e. The van der Waals surface area contributed by atoms with Crippen molar-refractivity contribution in [1.82, 2.24) is 29.9 Å². The first-order valence-corrected chi connectivity index (χ1v) is 10.7. The van der Waals surface area contributed by atoms with Crippen LogP contribution >= 0.6 is 22.7 Å². The number of hydrogen-bond donors (Lipinski definition) is 0. The number of fused-ring (bicyclic) bond motifs is 2. The molecule has 4 aromatic rings. The van der Waals surface area contributed by atoms with Crippen molar-refractivity contribution >= 4 is 43.4 Å². The Morgan fingerprint density at radius 2 is 1.18 bits per heavy atom. The first-order chi connectivity index (χ1) is 12.9. The van der Waals surface area contributed by atoms with Crippen LogP contribution in [0.4, 0.5) is 0 Å². The molecule has 0 atom stereocenters. The maximum atomic E-state index is 4.01. The summed E-state index contributed by atoms with van der Waals surface area (Å²) >= 11 is 3.08. The second kappa shape index (κ2) is 11.1. The van der Waals surface area contributed by atoms with Crippen molar-refractivity contribution < 1.29 is 0 Å². The maximum Gasteiger partial charge on any atom is 0.173 e. The summed E-state index contributed by atoms with van der Waals surface area (Å²) in [6, 6.07) is 0. The molecule has 0 radical (unpaired) electrons. The van der Waals surface area contributed by atoms with Crippen molar-refractivity contribution in [1.29, 1.82) is 0 Å². The van der Waals surface area contributed by atoms with Gasteiger partial charge in [0.1, 0.15) is 23.0 Å². The Labute approximate surface area is 175 Å². The number of thiazole rings is 2. The van der Waals surface area contributed by atoms with Gasteiger partial charge in [-0.15, -0.1) is 22.7 Å². The van der Waals surface area contributed by atoms with E-state index in [1.807, 2.05) is 0 Å². The number of aromatic nitrogens is 6. The van der Waals surface area contributed by atoms with E-state index in [0.29, 0.717) is 10.8 Å². The van der Waals surface area contributed by atoms with Crippen LogP contribution in [-0.2, 0) is 0 Å². The highest BCUT2D eigenvalue weighted by molar-refractivity contribution is 7.16. The molecule has 0 saturated heterocycles. The molecule has 4 aromatic heterocycles. The molecule has 4 heterocycles. The van der Waals surface area contributed by atoms with E-state index >= 15 is 0 Å². The minimum Gasteiger partial charge on any atom is -0.243 e. The quantitative estimate of drug-likeness (QED) is 0.334.